The van der Waals surface area contributed by atoms with Crippen molar-refractivity contribution in [3.8, 4) is 0 Å². The summed E-state index contributed by atoms with van der Waals surface area (Å²) in [4.78, 5) is 14.3. The van der Waals surface area contributed by atoms with Gasteiger partial charge in [-0.1, -0.05) is 5.16 Å². The maximum atomic E-state index is 12.1. The normalized spacial score (nSPS) is 24.5. The first-order chi connectivity index (χ1) is 8.47. The standard InChI is InChI=1S/C12H22N4O2/c1-16(2)11(4-3-5-11)8-14-10(17)12(6-7-12)9(13)15-18/h18H,3-8H2,1-2H3,(H2,13,15)(H,14,17). The van der Waals surface area contributed by atoms with Crippen molar-refractivity contribution in [2.75, 3.05) is 20.6 Å². The SMILES string of the molecule is CN(C)C1(CNC(=O)C2(C(N)=NO)CC2)CCC1. The molecule has 1 amide bonds. The minimum atomic E-state index is -0.744. The van der Waals surface area contributed by atoms with Crippen LogP contribution in [0.5, 0.6) is 0 Å². The molecule has 0 atom stereocenters. The zero-order chi connectivity index (χ0) is 13.4. The molecule has 102 valence electrons. The summed E-state index contributed by atoms with van der Waals surface area (Å²) in [6.07, 6.45) is 4.76. The summed E-state index contributed by atoms with van der Waals surface area (Å²) >= 11 is 0. The fourth-order valence-electron chi connectivity index (χ4n) is 2.60. The quantitative estimate of drug-likeness (QED) is 0.281. The van der Waals surface area contributed by atoms with Gasteiger partial charge in [-0.25, -0.2) is 0 Å². The number of carbonyl (C=O) groups excluding carboxylic acids is 1. The van der Waals surface area contributed by atoms with Crippen molar-refractivity contribution in [2.24, 2.45) is 16.3 Å². The average molecular weight is 254 g/mol. The molecule has 0 heterocycles. The summed E-state index contributed by atoms with van der Waals surface area (Å²) in [7, 11) is 4.09. The molecular formula is C12H22N4O2. The molecule has 2 aliphatic carbocycles. The lowest BCUT2D eigenvalue weighted by Crippen LogP contribution is -2.58. The van der Waals surface area contributed by atoms with Crippen LogP contribution in [-0.2, 0) is 4.79 Å². The van der Waals surface area contributed by atoms with Crippen LogP contribution >= 0.6 is 0 Å². The largest absolute Gasteiger partial charge is 0.409 e. The molecule has 0 aliphatic heterocycles. The number of likely N-dealkylation sites (N-methyl/N-ethyl adjacent to an activating group) is 1. The van der Waals surface area contributed by atoms with E-state index in [4.69, 9.17) is 10.9 Å². The Bertz CT molecular complexity index is 370. The number of nitrogens with two attached hydrogens (primary N) is 1. The number of amides is 1. The van der Waals surface area contributed by atoms with Crippen LogP contribution in [0.2, 0.25) is 0 Å². The molecule has 0 aromatic heterocycles. The maximum Gasteiger partial charge on any atom is 0.234 e. The van der Waals surface area contributed by atoms with E-state index in [1.165, 1.54) is 6.42 Å². The summed E-state index contributed by atoms with van der Waals surface area (Å²) in [5, 5.41) is 14.7. The van der Waals surface area contributed by atoms with Gasteiger partial charge in [0.05, 0.1) is 0 Å². The van der Waals surface area contributed by atoms with Crippen LogP contribution in [0.15, 0.2) is 5.16 Å². The summed E-state index contributed by atoms with van der Waals surface area (Å²) in [5.74, 6) is -0.0709. The fraction of sp³-hybridized carbons (Fsp3) is 0.833. The molecule has 0 unspecified atom stereocenters. The number of hydrogen-bond acceptors (Lipinski definition) is 4. The van der Waals surface area contributed by atoms with Crippen LogP contribution in [0.25, 0.3) is 0 Å². The minimum absolute atomic E-state index is 0.0347. The van der Waals surface area contributed by atoms with Gasteiger partial charge in [0, 0.05) is 12.1 Å². The van der Waals surface area contributed by atoms with Crippen LogP contribution in [0.3, 0.4) is 0 Å². The van der Waals surface area contributed by atoms with Gasteiger partial charge in [-0.2, -0.15) is 0 Å². The second kappa shape index (κ2) is 4.42. The van der Waals surface area contributed by atoms with Crippen molar-refractivity contribution in [1.29, 1.82) is 0 Å². The third-order valence-electron chi connectivity index (χ3n) is 4.59. The summed E-state index contributed by atoms with van der Waals surface area (Å²) in [5.41, 5.74) is 4.94. The Hall–Kier alpha value is -1.30. The average Bonchev–Trinajstić information content (AvgIpc) is 3.07. The summed E-state index contributed by atoms with van der Waals surface area (Å²) in [6, 6.07) is 0. The number of amidine groups is 1. The zero-order valence-electron chi connectivity index (χ0n) is 11.1. The first kappa shape index (κ1) is 13.1. The molecule has 0 aromatic carbocycles. The third-order valence-corrected chi connectivity index (χ3v) is 4.59. The molecule has 0 saturated heterocycles. The van der Waals surface area contributed by atoms with E-state index in [9.17, 15) is 4.79 Å². The molecule has 0 spiro atoms. The van der Waals surface area contributed by atoms with Gasteiger partial charge in [0.25, 0.3) is 0 Å². The highest BCUT2D eigenvalue weighted by molar-refractivity contribution is 6.09. The lowest BCUT2D eigenvalue weighted by Gasteiger charge is -2.47. The van der Waals surface area contributed by atoms with Crippen molar-refractivity contribution in [3.05, 3.63) is 0 Å². The predicted molar refractivity (Wildman–Crippen MR) is 68.4 cm³/mol. The topological polar surface area (TPSA) is 91.0 Å². The highest BCUT2D eigenvalue weighted by Crippen LogP contribution is 2.46. The molecule has 6 heteroatoms. The molecule has 2 rings (SSSR count). The lowest BCUT2D eigenvalue weighted by molar-refractivity contribution is -0.125. The number of carbonyl (C=O) groups is 1. The minimum Gasteiger partial charge on any atom is -0.409 e. The van der Waals surface area contributed by atoms with Gasteiger partial charge in [0.2, 0.25) is 5.91 Å². The summed E-state index contributed by atoms with van der Waals surface area (Å²) < 4.78 is 0. The van der Waals surface area contributed by atoms with E-state index in [-0.39, 0.29) is 17.3 Å². The Morgan fingerprint density at radius 1 is 1.39 bits per heavy atom. The highest BCUT2D eigenvalue weighted by Gasteiger charge is 2.54. The van der Waals surface area contributed by atoms with E-state index in [2.05, 4.69) is 15.4 Å². The van der Waals surface area contributed by atoms with E-state index in [1.807, 2.05) is 14.1 Å². The van der Waals surface area contributed by atoms with Crippen LogP contribution < -0.4 is 11.1 Å². The molecule has 6 nitrogen and oxygen atoms in total. The van der Waals surface area contributed by atoms with Crippen LogP contribution in [0.1, 0.15) is 32.1 Å². The fourth-order valence-corrected chi connectivity index (χ4v) is 2.60. The monoisotopic (exact) mass is 254 g/mol. The third kappa shape index (κ3) is 1.94. The molecule has 2 aliphatic rings. The number of hydrogen-bond donors (Lipinski definition) is 3. The van der Waals surface area contributed by atoms with E-state index in [0.717, 1.165) is 12.8 Å². The molecule has 0 aromatic rings. The number of oxime groups is 1. The highest BCUT2D eigenvalue weighted by atomic mass is 16.4. The number of nitrogens with zero attached hydrogens (tertiary/aromatic N) is 2. The maximum absolute atomic E-state index is 12.1. The van der Waals surface area contributed by atoms with Crippen LogP contribution in [0, 0.1) is 5.41 Å². The Morgan fingerprint density at radius 2 is 2.00 bits per heavy atom. The Balaban J connectivity index is 1.93. The van der Waals surface area contributed by atoms with Gasteiger partial charge in [-0.05, 0) is 46.2 Å². The molecule has 2 fully saturated rings. The van der Waals surface area contributed by atoms with Crippen molar-refractivity contribution in [1.82, 2.24) is 10.2 Å². The van der Waals surface area contributed by atoms with Crippen molar-refractivity contribution < 1.29 is 10.0 Å². The Morgan fingerprint density at radius 3 is 2.33 bits per heavy atom. The van der Waals surface area contributed by atoms with Gasteiger partial charge in [0.1, 0.15) is 5.41 Å². The van der Waals surface area contributed by atoms with Crippen molar-refractivity contribution in [3.63, 3.8) is 0 Å². The second-order valence-electron chi connectivity index (χ2n) is 5.72. The van der Waals surface area contributed by atoms with Gasteiger partial charge >= 0.3 is 0 Å². The zero-order valence-corrected chi connectivity index (χ0v) is 11.1. The lowest BCUT2D eigenvalue weighted by atomic mass is 9.75. The van der Waals surface area contributed by atoms with Crippen LogP contribution in [0.4, 0.5) is 0 Å². The van der Waals surface area contributed by atoms with Gasteiger partial charge in [-0.3, -0.25) is 4.79 Å². The van der Waals surface area contributed by atoms with Gasteiger partial charge < -0.3 is 21.2 Å². The molecule has 0 bridgehead atoms. The van der Waals surface area contributed by atoms with E-state index >= 15 is 0 Å². The Kier molecular flexibility index (Phi) is 3.23. The molecular weight excluding hydrogens is 232 g/mol. The predicted octanol–water partition coefficient (Wildman–Crippen LogP) is 0.114. The number of nitrogens with one attached hydrogen (secondary N) is 1. The first-order valence-corrected chi connectivity index (χ1v) is 6.41. The van der Waals surface area contributed by atoms with E-state index < -0.39 is 5.41 Å². The van der Waals surface area contributed by atoms with Gasteiger partial charge in [-0.15, -0.1) is 0 Å². The molecule has 2 saturated carbocycles. The summed E-state index contributed by atoms with van der Waals surface area (Å²) in [6.45, 7) is 0.638. The molecule has 18 heavy (non-hydrogen) atoms. The van der Waals surface area contributed by atoms with E-state index in [1.54, 1.807) is 0 Å². The Labute approximate surface area is 107 Å². The van der Waals surface area contributed by atoms with Gasteiger partial charge in [0.15, 0.2) is 5.84 Å². The van der Waals surface area contributed by atoms with Crippen molar-refractivity contribution >= 4 is 11.7 Å². The number of rotatable bonds is 5. The first-order valence-electron chi connectivity index (χ1n) is 6.41. The van der Waals surface area contributed by atoms with E-state index in [0.29, 0.717) is 19.4 Å². The second-order valence-corrected chi connectivity index (χ2v) is 5.72. The smallest absolute Gasteiger partial charge is 0.234 e. The molecule has 4 N–H and O–H groups in total. The molecule has 0 radical (unpaired) electrons. The van der Waals surface area contributed by atoms with Crippen LogP contribution in [-0.4, -0.2) is 48.0 Å². The van der Waals surface area contributed by atoms with Crippen molar-refractivity contribution in [2.45, 2.75) is 37.6 Å².